The van der Waals surface area contributed by atoms with Gasteiger partial charge < -0.3 is 24.4 Å². The number of nitrogens with two attached hydrogens (primary N) is 1. The zero-order chi connectivity index (χ0) is 29.7. The molecule has 0 radical (unpaired) electrons. The number of benzene rings is 2. The van der Waals surface area contributed by atoms with Gasteiger partial charge in [0.05, 0.1) is 26.8 Å². The summed E-state index contributed by atoms with van der Waals surface area (Å²) in [4.78, 5) is 34.3. The first kappa shape index (κ1) is 29.3. The number of carbonyl (C=O) groups excluding carboxylic acids is 2. The van der Waals surface area contributed by atoms with Gasteiger partial charge in [0.25, 0.3) is 0 Å². The Labute approximate surface area is 235 Å². The highest BCUT2D eigenvalue weighted by molar-refractivity contribution is 6.34. The SMILES string of the molecule is COc1ccc(CNc2nc3cc(OC)c(F)cc3c3nc(CCC[C@H](C)N(C)C(=O)C(=O)NN)nn23)c(OC)c1. The molecule has 2 aromatic carbocycles. The molecule has 0 unspecified atom stereocenters. The van der Waals surface area contributed by atoms with Gasteiger partial charge >= 0.3 is 11.8 Å². The van der Waals surface area contributed by atoms with Crippen LogP contribution in [-0.2, 0) is 22.6 Å². The fourth-order valence-corrected chi connectivity index (χ4v) is 4.37. The molecule has 0 aliphatic carbocycles. The van der Waals surface area contributed by atoms with Gasteiger partial charge in [-0.2, -0.15) is 4.52 Å². The molecule has 0 spiro atoms. The lowest BCUT2D eigenvalue weighted by molar-refractivity contribution is -0.146. The Bertz CT molecular complexity index is 1580. The van der Waals surface area contributed by atoms with Crippen LogP contribution in [0, 0.1) is 5.82 Å². The Balaban J connectivity index is 1.62. The second-order valence-corrected chi connectivity index (χ2v) is 9.36. The molecule has 0 saturated heterocycles. The average molecular weight is 569 g/mol. The number of nitrogens with zero attached hydrogens (tertiary/aromatic N) is 5. The van der Waals surface area contributed by atoms with Crippen molar-refractivity contribution in [1.29, 1.82) is 0 Å². The molecule has 0 aliphatic heterocycles. The van der Waals surface area contributed by atoms with Crippen molar-refractivity contribution >= 4 is 34.3 Å². The molecule has 2 heterocycles. The molecular formula is C27H33FN8O5. The average Bonchev–Trinajstić information content (AvgIpc) is 3.42. The highest BCUT2D eigenvalue weighted by Crippen LogP contribution is 2.29. The van der Waals surface area contributed by atoms with Crippen molar-refractivity contribution < 1.29 is 28.2 Å². The monoisotopic (exact) mass is 568 g/mol. The number of rotatable bonds is 11. The lowest BCUT2D eigenvalue weighted by Gasteiger charge is -2.23. The molecule has 0 fully saturated rings. The summed E-state index contributed by atoms with van der Waals surface area (Å²) in [6, 6.07) is 8.13. The molecular weight excluding hydrogens is 535 g/mol. The van der Waals surface area contributed by atoms with Gasteiger partial charge in [0.15, 0.2) is 23.0 Å². The van der Waals surface area contributed by atoms with Gasteiger partial charge in [-0.1, -0.05) is 0 Å². The van der Waals surface area contributed by atoms with E-state index in [-0.39, 0.29) is 11.8 Å². The molecule has 2 amide bonds. The predicted molar refractivity (Wildman–Crippen MR) is 149 cm³/mol. The van der Waals surface area contributed by atoms with Crippen LogP contribution in [0.3, 0.4) is 0 Å². The first-order chi connectivity index (χ1) is 19.7. The number of ether oxygens (including phenoxy) is 3. The van der Waals surface area contributed by atoms with E-state index in [2.05, 4.69) is 15.4 Å². The molecule has 1 atom stereocenters. The summed E-state index contributed by atoms with van der Waals surface area (Å²) >= 11 is 0. The quantitative estimate of drug-likeness (QED) is 0.106. The smallest absolute Gasteiger partial charge is 0.323 e. The van der Waals surface area contributed by atoms with Crippen molar-refractivity contribution in [2.75, 3.05) is 33.7 Å². The van der Waals surface area contributed by atoms with Crippen molar-refractivity contribution in [3.8, 4) is 17.2 Å². The Morgan fingerprint density at radius 2 is 1.85 bits per heavy atom. The number of fused-ring (bicyclic) bond motifs is 3. The third kappa shape index (κ3) is 6.22. The predicted octanol–water partition coefficient (Wildman–Crippen LogP) is 2.21. The number of aromatic nitrogens is 4. The van der Waals surface area contributed by atoms with Gasteiger partial charge in [-0.3, -0.25) is 15.0 Å². The van der Waals surface area contributed by atoms with E-state index in [9.17, 15) is 14.0 Å². The summed E-state index contributed by atoms with van der Waals surface area (Å²) in [5.41, 5.74) is 3.61. The van der Waals surface area contributed by atoms with E-state index in [4.69, 9.17) is 25.0 Å². The Morgan fingerprint density at radius 1 is 1.10 bits per heavy atom. The Hall–Kier alpha value is -4.72. The standard InChI is InChI=1S/C27H33FN8O5/c1-15(35(2)26(38)25(37)33-29)7-6-8-23-32-24-18-12-19(28)22(41-5)13-20(18)31-27(36(24)34-23)30-14-16-9-10-17(39-3)11-21(16)40-4/h9-13,15H,6-8,14,29H2,1-5H3,(H,30,31)(H,33,37)/t15-/m0/s1. The van der Waals surface area contributed by atoms with E-state index >= 15 is 0 Å². The number of halogens is 1. The summed E-state index contributed by atoms with van der Waals surface area (Å²) in [5, 5.41) is 8.42. The summed E-state index contributed by atoms with van der Waals surface area (Å²) < 4.78 is 32.2. The van der Waals surface area contributed by atoms with Crippen LogP contribution in [0.25, 0.3) is 16.6 Å². The summed E-state index contributed by atoms with van der Waals surface area (Å²) in [7, 11) is 6.10. The van der Waals surface area contributed by atoms with Gasteiger partial charge in [0.2, 0.25) is 5.95 Å². The first-order valence-corrected chi connectivity index (χ1v) is 12.9. The van der Waals surface area contributed by atoms with Crippen molar-refractivity contribution in [3.05, 3.63) is 47.5 Å². The van der Waals surface area contributed by atoms with Gasteiger partial charge in [-0.25, -0.2) is 20.2 Å². The molecule has 2 aromatic heterocycles. The zero-order valence-corrected chi connectivity index (χ0v) is 23.5. The minimum absolute atomic E-state index is 0.0628. The molecule has 4 rings (SSSR count). The van der Waals surface area contributed by atoms with E-state index < -0.39 is 17.6 Å². The maximum atomic E-state index is 14.7. The van der Waals surface area contributed by atoms with Crippen LogP contribution in [0.4, 0.5) is 10.3 Å². The van der Waals surface area contributed by atoms with Crippen LogP contribution in [0.1, 0.15) is 31.2 Å². The fraction of sp³-hybridized carbons (Fsp3) is 0.370. The molecule has 0 saturated carbocycles. The van der Waals surface area contributed by atoms with Gasteiger partial charge in [-0.15, -0.1) is 5.10 Å². The minimum Gasteiger partial charge on any atom is -0.497 e. The third-order valence-corrected chi connectivity index (χ3v) is 6.85. The number of likely N-dealkylation sites (N-methyl/N-ethyl adjacent to an activating group) is 1. The van der Waals surface area contributed by atoms with Crippen LogP contribution < -0.4 is 30.8 Å². The van der Waals surface area contributed by atoms with Crippen LogP contribution in [0.15, 0.2) is 30.3 Å². The number of carbonyl (C=O) groups is 2. The molecule has 41 heavy (non-hydrogen) atoms. The number of methoxy groups -OCH3 is 3. The van der Waals surface area contributed by atoms with E-state index in [0.29, 0.717) is 65.6 Å². The third-order valence-electron chi connectivity index (χ3n) is 6.85. The van der Waals surface area contributed by atoms with Crippen LogP contribution in [0.2, 0.25) is 0 Å². The van der Waals surface area contributed by atoms with E-state index in [1.807, 2.05) is 24.5 Å². The lowest BCUT2D eigenvalue weighted by Crippen LogP contribution is -2.47. The largest absolute Gasteiger partial charge is 0.497 e. The number of amides is 2. The first-order valence-electron chi connectivity index (χ1n) is 12.9. The van der Waals surface area contributed by atoms with Crippen molar-refractivity contribution in [1.82, 2.24) is 29.9 Å². The Kier molecular flexibility index (Phi) is 9.02. The topological polar surface area (TPSA) is 158 Å². The summed E-state index contributed by atoms with van der Waals surface area (Å²) in [6.07, 6.45) is 1.69. The molecule has 218 valence electrons. The van der Waals surface area contributed by atoms with E-state index in [1.165, 1.54) is 24.1 Å². The van der Waals surface area contributed by atoms with Gasteiger partial charge in [0, 0.05) is 49.1 Å². The molecule has 4 aromatic rings. The minimum atomic E-state index is -0.878. The van der Waals surface area contributed by atoms with Crippen molar-refractivity contribution in [2.45, 2.75) is 38.8 Å². The molecule has 0 bridgehead atoms. The molecule has 0 aliphatic rings. The van der Waals surface area contributed by atoms with E-state index in [0.717, 1.165) is 5.56 Å². The second kappa shape index (κ2) is 12.6. The fourth-order valence-electron chi connectivity index (χ4n) is 4.37. The van der Waals surface area contributed by atoms with Gasteiger partial charge in [0.1, 0.15) is 11.5 Å². The number of nitrogens with one attached hydrogen (secondary N) is 2. The maximum absolute atomic E-state index is 14.7. The number of hydrogen-bond donors (Lipinski definition) is 3. The summed E-state index contributed by atoms with van der Waals surface area (Å²) in [5.74, 6) is 5.20. The number of anilines is 1. The molecule has 14 heteroatoms. The molecule has 13 nitrogen and oxygen atoms in total. The van der Waals surface area contributed by atoms with E-state index in [1.54, 1.807) is 31.8 Å². The highest BCUT2D eigenvalue weighted by Gasteiger charge is 2.22. The van der Waals surface area contributed by atoms with Crippen LogP contribution in [-0.4, -0.2) is 70.7 Å². The van der Waals surface area contributed by atoms with Crippen LogP contribution in [0.5, 0.6) is 17.2 Å². The van der Waals surface area contributed by atoms with Crippen molar-refractivity contribution in [2.24, 2.45) is 5.84 Å². The summed E-state index contributed by atoms with van der Waals surface area (Å²) in [6.45, 7) is 2.18. The second-order valence-electron chi connectivity index (χ2n) is 9.36. The number of hydrazine groups is 1. The highest BCUT2D eigenvalue weighted by atomic mass is 19.1. The van der Waals surface area contributed by atoms with Crippen molar-refractivity contribution in [3.63, 3.8) is 0 Å². The van der Waals surface area contributed by atoms with Gasteiger partial charge in [-0.05, 0) is 38.0 Å². The van der Waals surface area contributed by atoms with Crippen LogP contribution >= 0.6 is 0 Å². The lowest BCUT2D eigenvalue weighted by atomic mass is 10.1. The molecule has 4 N–H and O–H groups in total. The number of hydrogen-bond acceptors (Lipinski definition) is 10. The number of aryl methyl sites for hydroxylation is 1. The zero-order valence-electron chi connectivity index (χ0n) is 23.5. The normalized spacial score (nSPS) is 11.8. The Morgan fingerprint density at radius 3 is 2.54 bits per heavy atom. The maximum Gasteiger partial charge on any atom is 0.323 e.